The van der Waals surface area contributed by atoms with Crippen molar-refractivity contribution in [3.8, 4) is 5.75 Å². The average Bonchev–Trinajstić information content (AvgIpc) is 2.90. The molecule has 1 aliphatic heterocycles. The standard InChI is InChI=1S/C13H17N3O3S/c1-19-11-4-2-3-10-12(11)15-13(14)16(10)7-9-5-6-20(17,18)8-9/h2-4,9H,5-8H2,1H3,(H2,14,15). The maximum absolute atomic E-state index is 11.5. The summed E-state index contributed by atoms with van der Waals surface area (Å²) in [5.74, 6) is 1.68. The van der Waals surface area contributed by atoms with Crippen LogP contribution in [0.2, 0.25) is 0 Å². The van der Waals surface area contributed by atoms with Gasteiger partial charge < -0.3 is 15.0 Å². The Bertz CT molecular complexity index is 752. The molecule has 2 aromatic rings. The SMILES string of the molecule is COc1cccc2c1nc(N)n2CC1CCS(=O)(=O)C1. The Morgan fingerprint density at radius 2 is 2.30 bits per heavy atom. The van der Waals surface area contributed by atoms with Crippen molar-refractivity contribution in [2.45, 2.75) is 13.0 Å². The molecule has 0 aliphatic carbocycles. The zero-order valence-corrected chi connectivity index (χ0v) is 12.1. The van der Waals surface area contributed by atoms with Gasteiger partial charge in [0.2, 0.25) is 5.95 Å². The molecule has 0 spiro atoms. The van der Waals surface area contributed by atoms with Gasteiger partial charge >= 0.3 is 0 Å². The molecule has 20 heavy (non-hydrogen) atoms. The Morgan fingerprint density at radius 1 is 1.50 bits per heavy atom. The van der Waals surface area contributed by atoms with Crippen molar-refractivity contribution in [2.75, 3.05) is 24.3 Å². The maximum Gasteiger partial charge on any atom is 0.201 e. The van der Waals surface area contributed by atoms with Gasteiger partial charge in [0.15, 0.2) is 9.84 Å². The third kappa shape index (κ3) is 2.22. The van der Waals surface area contributed by atoms with Gasteiger partial charge in [-0.15, -0.1) is 0 Å². The quantitative estimate of drug-likeness (QED) is 0.915. The van der Waals surface area contributed by atoms with Crippen molar-refractivity contribution < 1.29 is 13.2 Å². The molecule has 1 aromatic heterocycles. The molecule has 1 fully saturated rings. The first-order valence-corrected chi connectivity index (χ1v) is 8.31. The second-order valence-electron chi connectivity index (χ2n) is 5.18. The Labute approximate surface area is 117 Å². The highest BCUT2D eigenvalue weighted by Gasteiger charge is 2.29. The van der Waals surface area contributed by atoms with E-state index in [9.17, 15) is 8.42 Å². The molecule has 108 valence electrons. The zero-order valence-electron chi connectivity index (χ0n) is 11.2. The van der Waals surface area contributed by atoms with Gasteiger partial charge in [-0.2, -0.15) is 0 Å². The van der Waals surface area contributed by atoms with Crippen molar-refractivity contribution >= 4 is 26.8 Å². The number of imidazole rings is 1. The number of hydrogen-bond donors (Lipinski definition) is 1. The minimum absolute atomic E-state index is 0.103. The van der Waals surface area contributed by atoms with E-state index in [1.165, 1.54) is 0 Å². The van der Waals surface area contributed by atoms with Crippen LogP contribution in [0, 0.1) is 5.92 Å². The van der Waals surface area contributed by atoms with Crippen LogP contribution < -0.4 is 10.5 Å². The first-order valence-electron chi connectivity index (χ1n) is 6.49. The fourth-order valence-electron chi connectivity index (χ4n) is 2.77. The summed E-state index contributed by atoms with van der Waals surface area (Å²) in [5, 5.41) is 0. The largest absolute Gasteiger partial charge is 0.494 e. The van der Waals surface area contributed by atoms with Gasteiger partial charge in [0, 0.05) is 6.54 Å². The summed E-state index contributed by atoms with van der Waals surface area (Å²) in [7, 11) is -1.29. The van der Waals surface area contributed by atoms with Crippen LogP contribution in [-0.2, 0) is 16.4 Å². The summed E-state index contributed by atoms with van der Waals surface area (Å²) in [6.45, 7) is 0.578. The predicted molar refractivity (Wildman–Crippen MR) is 77.5 cm³/mol. The third-order valence-electron chi connectivity index (χ3n) is 3.76. The van der Waals surface area contributed by atoms with Gasteiger partial charge in [-0.25, -0.2) is 13.4 Å². The van der Waals surface area contributed by atoms with Crippen LogP contribution in [0.1, 0.15) is 6.42 Å². The molecular formula is C13H17N3O3S. The number of aromatic nitrogens is 2. The van der Waals surface area contributed by atoms with Gasteiger partial charge in [0.25, 0.3) is 0 Å². The smallest absolute Gasteiger partial charge is 0.201 e. The van der Waals surface area contributed by atoms with E-state index >= 15 is 0 Å². The van der Waals surface area contributed by atoms with Crippen LogP contribution in [0.4, 0.5) is 5.95 Å². The first-order chi connectivity index (χ1) is 9.50. The summed E-state index contributed by atoms with van der Waals surface area (Å²) in [5.41, 5.74) is 7.57. The van der Waals surface area contributed by atoms with Gasteiger partial charge in [0.1, 0.15) is 11.3 Å². The number of sulfone groups is 1. The topological polar surface area (TPSA) is 87.2 Å². The molecule has 1 unspecified atom stereocenters. The molecule has 1 aromatic carbocycles. The molecule has 0 bridgehead atoms. The normalized spacial score (nSPS) is 21.4. The third-order valence-corrected chi connectivity index (χ3v) is 5.60. The van der Waals surface area contributed by atoms with E-state index < -0.39 is 9.84 Å². The van der Waals surface area contributed by atoms with E-state index in [0.717, 1.165) is 5.52 Å². The fourth-order valence-corrected chi connectivity index (χ4v) is 4.62. The molecule has 6 nitrogen and oxygen atoms in total. The molecule has 0 amide bonds. The maximum atomic E-state index is 11.5. The summed E-state index contributed by atoms with van der Waals surface area (Å²) < 4.78 is 30.2. The van der Waals surface area contributed by atoms with Crippen LogP contribution >= 0.6 is 0 Å². The van der Waals surface area contributed by atoms with Gasteiger partial charge in [-0.1, -0.05) is 6.07 Å². The van der Waals surface area contributed by atoms with Crippen molar-refractivity contribution in [2.24, 2.45) is 5.92 Å². The van der Waals surface area contributed by atoms with Crippen LogP contribution in [0.15, 0.2) is 18.2 Å². The van der Waals surface area contributed by atoms with E-state index in [0.29, 0.717) is 30.2 Å². The van der Waals surface area contributed by atoms with Crippen LogP contribution in [-0.4, -0.2) is 36.6 Å². The lowest BCUT2D eigenvalue weighted by atomic mass is 10.1. The number of para-hydroxylation sites is 1. The van der Waals surface area contributed by atoms with Gasteiger partial charge in [-0.3, -0.25) is 0 Å². The number of hydrogen-bond acceptors (Lipinski definition) is 5. The summed E-state index contributed by atoms with van der Waals surface area (Å²) in [6, 6.07) is 5.63. The Morgan fingerprint density at radius 3 is 2.95 bits per heavy atom. The zero-order chi connectivity index (χ0) is 14.3. The first kappa shape index (κ1) is 13.2. The molecule has 0 saturated carbocycles. The number of methoxy groups -OCH3 is 1. The van der Waals surface area contributed by atoms with Crippen molar-refractivity contribution in [3.05, 3.63) is 18.2 Å². The van der Waals surface area contributed by atoms with Crippen molar-refractivity contribution in [1.82, 2.24) is 9.55 Å². The molecular weight excluding hydrogens is 278 g/mol. The Kier molecular flexibility index (Phi) is 3.08. The lowest BCUT2D eigenvalue weighted by Crippen LogP contribution is -2.14. The predicted octanol–water partition coefficient (Wildman–Crippen LogP) is 1.06. The summed E-state index contributed by atoms with van der Waals surface area (Å²) >= 11 is 0. The number of nitrogens with zero attached hydrogens (tertiary/aromatic N) is 2. The van der Waals surface area contributed by atoms with E-state index in [1.807, 2.05) is 22.8 Å². The second-order valence-corrected chi connectivity index (χ2v) is 7.41. The minimum atomic E-state index is -2.88. The molecule has 1 saturated heterocycles. The van der Waals surface area contributed by atoms with Crippen LogP contribution in [0.25, 0.3) is 11.0 Å². The Balaban J connectivity index is 1.98. The summed E-state index contributed by atoms with van der Waals surface area (Å²) in [4.78, 5) is 4.33. The number of anilines is 1. The van der Waals surface area contributed by atoms with E-state index in [4.69, 9.17) is 10.5 Å². The molecule has 0 radical (unpaired) electrons. The van der Waals surface area contributed by atoms with Gasteiger partial charge in [-0.05, 0) is 24.5 Å². The lowest BCUT2D eigenvalue weighted by molar-refractivity contribution is 0.419. The number of nitrogens with two attached hydrogens (primary N) is 1. The fraction of sp³-hybridized carbons (Fsp3) is 0.462. The molecule has 7 heteroatoms. The summed E-state index contributed by atoms with van der Waals surface area (Å²) in [6.07, 6.45) is 0.686. The highest BCUT2D eigenvalue weighted by molar-refractivity contribution is 7.91. The van der Waals surface area contributed by atoms with Crippen molar-refractivity contribution in [3.63, 3.8) is 0 Å². The van der Waals surface area contributed by atoms with Crippen LogP contribution in [0.5, 0.6) is 5.75 Å². The molecule has 2 N–H and O–H groups in total. The number of nitrogen functional groups attached to an aromatic ring is 1. The van der Waals surface area contributed by atoms with E-state index in [-0.39, 0.29) is 17.4 Å². The second kappa shape index (κ2) is 4.66. The van der Waals surface area contributed by atoms with E-state index in [1.54, 1.807) is 7.11 Å². The van der Waals surface area contributed by atoms with Crippen molar-refractivity contribution in [1.29, 1.82) is 0 Å². The molecule has 2 heterocycles. The average molecular weight is 295 g/mol. The molecule has 3 rings (SSSR count). The monoisotopic (exact) mass is 295 g/mol. The number of benzene rings is 1. The number of rotatable bonds is 3. The van der Waals surface area contributed by atoms with E-state index in [2.05, 4.69) is 4.98 Å². The van der Waals surface area contributed by atoms with Gasteiger partial charge in [0.05, 0.1) is 24.1 Å². The minimum Gasteiger partial charge on any atom is -0.494 e. The highest BCUT2D eigenvalue weighted by atomic mass is 32.2. The highest BCUT2D eigenvalue weighted by Crippen LogP contribution is 2.29. The molecule has 1 aliphatic rings. The number of ether oxygens (including phenoxy) is 1. The number of fused-ring (bicyclic) bond motifs is 1. The Hall–Kier alpha value is -1.76. The lowest BCUT2D eigenvalue weighted by Gasteiger charge is -2.11. The van der Waals surface area contributed by atoms with Crippen LogP contribution in [0.3, 0.4) is 0 Å². The molecule has 1 atom stereocenters.